The summed E-state index contributed by atoms with van der Waals surface area (Å²) in [4.78, 5) is 12.6. The molecule has 3 nitrogen and oxygen atoms in total. The van der Waals surface area contributed by atoms with Crippen molar-refractivity contribution in [3.8, 4) is 0 Å². The summed E-state index contributed by atoms with van der Waals surface area (Å²) in [5, 5.41) is 10.3. The topological polar surface area (TPSA) is 46.5 Å². The number of fused-ring (bicyclic) bond motifs is 4. The largest absolute Gasteiger partial charge is 0.385 e. The Morgan fingerprint density at radius 2 is 1.62 bits per heavy atom. The molecule has 0 radical (unpaired) electrons. The van der Waals surface area contributed by atoms with Crippen LogP contribution in [0.5, 0.6) is 0 Å². The van der Waals surface area contributed by atoms with Gasteiger partial charge in [-0.15, -0.1) is 0 Å². The zero-order chi connectivity index (χ0) is 22.3. The molecular weight excluding hydrogens is 396 g/mol. The maximum absolute atomic E-state index is 12.6. The summed E-state index contributed by atoms with van der Waals surface area (Å²) in [6.45, 7) is 10.0. The fourth-order valence-electron chi connectivity index (χ4n) is 12.0. The molecular formula is C29H44O3. The van der Waals surface area contributed by atoms with Gasteiger partial charge in [-0.25, -0.2) is 0 Å². The molecule has 0 amide bonds. The van der Waals surface area contributed by atoms with Crippen molar-refractivity contribution in [1.82, 2.24) is 0 Å². The van der Waals surface area contributed by atoms with Gasteiger partial charge in [0, 0.05) is 6.42 Å². The summed E-state index contributed by atoms with van der Waals surface area (Å²) < 4.78 is 6.72. The number of ether oxygens (including phenoxy) is 1. The molecule has 1 aliphatic heterocycles. The Labute approximate surface area is 194 Å². The van der Waals surface area contributed by atoms with Crippen molar-refractivity contribution >= 4 is 5.78 Å². The first-order valence-electron chi connectivity index (χ1n) is 13.9. The number of hydrogen-bond acceptors (Lipinski definition) is 3. The lowest BCUT2D eigenvalue weighted by Gasteiger charge is -2.61. The van der Waals surface area contributed by atoms with E-state index in [1.807, 2.05) is 0 Å². The Hall–Kier alpha value is -0.410. The van der Waals surface area contributed by atoms with Crippen LogP contribution in [-0.4, -0.2) is 28.7 Å². The minimum atomic E-state index is -0.675. The van der Waals surface area contributed by atoms with Gasteiger partial charge in [0.1, 0.15) is 6.10 Å². The molecule has 178 valence electrons. The average Bonchev–Trinajstić information content (AvgIpc) is 3.21. The molecule has 3 heteroatoms. The van der Waals surface area contributed by atoms with Gasteiger partial charge in [0.25, 0.3) is 0 Å². The molecule has 6 saturated carbocycles. The molecule has 0 unspecified atom stereocenters. The molecule has 32 heavy (non-hydrogen) atoms. The second kappa shape index (κ2) is 6.04. The van der Waals surface area contributed by atoms with E-state index in [1.165, 1.54) is 64.2 Å². The van der Waals surface area contributed by atoms with E-state index in [9.17, 15) is 9.90 Å². The van der Waals surface area contributed by atoms with Crippen LogP contribution in [0.25, 0.3) is 0 Å². The highest BCUT2D eigenvalue weighted by Crippen LogP contribution is 2.87. The van der Waals surface area contributed by atoms with Gasteiger partial charge in [0.05, 0.1) is 11.7 Å². The molecule has 0 aromatic rings. The van der Waals surface area contributed by atoms with Gasteiger partial charge < -0.3 is 9.84 Å². The summed E-state index contributed by atoms with van der Waals surface area (Å²) >= 11 is 0. The van der Waals surface area contributed by atoms with Crippen LogP contribution < -0.4 is 0 Å². The van der Waals surface area contributed by atoms with Crippen molar-refractivity contribution in [3.05, 3.63) is 0 Å². The van der Waals surface area contributed by atoms with E-state index in [1.54, 1.807) is 0 Å². The molecule has 2 spiro atoms. The van der Waals surface area contributed by atoms with Crippen LogP contribution in [0.2, 0.25) is 0 Å². The third-order valence-corrected chi connectivity index (χ3v) is 13.9. The van der Waals surface area contributed by atoms with Crippen LogP contribution in [-0.2, 0) is 9.53 Å². The number of aliphatic hydroxyl groups excluding tert-OH is 1. The molecule has 7 aliphatic rings. The van der Waals surface area contributed by atoms with Crippen molar-refractivity contribution in [2.24, 2.45) is 51.2 Å². The van der Waals surface area contributed by atoms with Gasteiger partial charge in [-0.2, -0.15) is 0 Å². The number of carbonyl (C=O) groups excluding carboxylic acids is 1. The minimum absolute atomic E-state index is 0.0791. The van der Waals surface area contributed by atoms with Crippen LogP contribution in [0.1, 0.15) is 105 Å². The van der Waals surface area contributed by atoms with Crippen LogP contribution >= 0.6 is 0 Å². The normalized spacial score (nSPS) is 62.0. The quantitative estimate of drug-likeness (QED) is 0.550. The molecule has 0 aromatic heterocycles. The van der Waals surface area contributed by atoms with Crippen LogP contribution in [0.15, 0.2) is 0 Å². The molecule has 1 heterocycles. The average molecular weight is 441 g/mol. The first-order valence-corrected chi connectivity index (χ1v) is 13.9. The number of rotatable bonds is 1. The van der Waals surface area contributed by atoms with Crippen LogP contribution in [0, 0.1) is 51.2 Å². The van der Waals surface area contributed by atoms with E-state index in [0.717, 1.165) is 30.1 Å². The lowest BCUT2D eigenvalue weighted by atomic mass is 9.43. The van der Waals surface area contributed by atoms with E-state index in [-0.39, 0.29) is 16.8 Å². The van der Waals surface area contributed by atoms with E-state index in [0.29, 0.717) is 34.7 Å². The molecule has 1 saturated heterocycles. The van der Waals surface area contributed by atoms with E-state index < -0.39 is 6.10 Å². The maximum Gasteiger partial charge on any atom is 0.161 e. The summed E-state index contributed by atoms with van der Waals surface area (Å²) in [5.74, 6) is 3.87. The Balaban J connectivity index is 1.20. The summed E-state index contributed by atoms with van der Waals surface area (Å²) in [6, 6.07) is 0. The first-order chi connectivity index (χ1) is 15.1. The predicted molar refractivity (Wildman–Crippen MR) is 124 cm³/mol. The lowest BCUT2D eigenvalue weighted by molar-refractivity contribution is -0.154. The monoisotopic (exact) mass is 440 g/mol. The predicted octanol–water partition coefficient (Wildman–Crippen LogP) is 5.92. The number of aliphatic hydroxyl groups is 1. The SMILES string of the molecule is CC1(C)O[C@@H]2C[C@H]1CC[C@@H]2[C@H]1CC[C@@]2(C)[C@@H]3CC[C@H]4C[C@@H](O)C(=O)C[C@@]45C[C@]35CC[C@]12C. The van der Waals surface area contributed by atoms with Crippen molar-refractivity contribution < 1.29 is 14.6 Å². The molecule has 7 rings (SSSR count). The second-order valence-corrected chi connectivity index (χ2v) is 14.6. The van der Waals surface area contributed by atoms with Crippen molar-refractivity contribution in [1.29, 1.82) is 0 Å². The Morgan fingerprint density at radius 1 is 0.844 bits per heavy atom. The molecule has 1 N–H and O–H groups in total. The van der Waals surface area contributed by atoms with Gasteiger partial charge in [0.2, 0.25) is 0 Å². The molecule has 7 fully saturated rings. The Kier molecular flexibility index (Phi) is 3.95. The second-order valence-electron chi connectivity index (χ2n) is 14.6. The highest BCUT2D eigenvalue weighted by atomic mass is 16.5. The number of hydrogen-bond donors (Lipinski definition) is 1. The third kappa shape index (κ3) is 2.21. The van der Waals surface area contributed by atoms with Gasteiger partial charge in [-0.3, -0.25) is 4.79 Å². The third-order valence-electron chi connectivity index (χ3n) is 13.9. The summed E-state index contributed by atoms with van der Waals surface area (Å²) in [5.41, 5.74) is 1.58. The first kappa shape index (κ1) is 20.9. The van der Waals surface area contributed by atoms with Crippen molar-refractivity contribution in [3.63, 3.8) is 0 Å². The lowest BCUT2D eigenvalue weighted by Crippen LogP contribution is -2.56. The van der Waals surface area contributed by atoms with Crippen LogP contribution in [0.3, 0.4) is 0 Å². The van der Waals surface area contributed by atoms with E-state index in [2.05, 4.69) is 27.7 Å². The van der Waals surface area contributed by atoms with E-state index >= 15 is 0 Å². The maximum atomic E-state index is 12.6. The number of carbonyl (C=O) groups is 1. The number of Topliss-reactive ketones (excluding diaryl/α,β-unsaturated/α-hetero) is 1. The minimum Gasteiger partial charge on any atom is -0.385 e. The zero-order valence-corrected chi connectivity index (χ0v) is 20.8. The Morgan fingerprint density at radius 3 is 2.44 bits per heavy atom. The summed E-state index contributed by atoms with van der Waals surface area (Å²) in [7, 11) is 0. The van der Waals surface area contributed by atoms with Gasteiger partial charge >= 0.3 is 0 Å². The molecule has 11 atom stereocenters. The van der Waals surface area contributed by atoms with Gasteiger partial charge in [0.15, 0.2) is 5.78 Å². The standard InChI is InChI=1S/C29H44O3/c1-25(2)17-5-7-19(23(14-17)32-25)20-9-10-27(4)24-8-6-18-13-21(30)22(31)15-29(18)16-28(24,29)12-11-26(20,27)3/h17-21,23-24,30H,5-16H2,1-4H3/t17-,18+,19-,20-,21-,23-,24+,26-,27+,28-,29-/m1/s1. The fraction of sp³-hybridized carbons (Fsp3) is 0.966. The van der Waals surface area contributed by atoms with Crippen molar-refractivity contribution in [2.75, 3.05) is 0 Å². The molecule has 6 aliphatic carbocycles. The molecule has 2 bridgehead atoms. The van der Waals surface area contributed by atoms with Crippen LogP contribution in [0.4, 0.5) is 0 Å². The van der Waals surface area contributed by atoms with E-state index in [4.69, 9.17) is 4.74 Å². The fourth-order valence-corrected chi connectivity index (χ4v) is 12.0. The summed E-state index contributed by atoms with van der Waals surface area (Å²) in [6.07, 6.45) is 14.6. The van der Waals surface area contributed by atoms with Gasteiger partial charge in [-0.05, 0) is 136 Å². The Bertz CT molecular complexity index is 864. The molecule has 0 aromatic carbocycles. The smallest absolute Gasteiger partial charge is 0.161 e. The zero-order valence-electron chi connectivity index (χ0n) is 20.8. The number of ketones is 1. The highest BCUT2D eigenvalue weighted by Gasteiger charge is 2.81. The highest BCUT2D eigenvalue weighted by molar-refractivity contribution is 5.85. The van der Waals surface area contributed by atoms with Gasteiger partial charge in [-0.1, -0.05) is 13.8 Å². The van der Waals surface area contributed by atoms with Crippen molar-refractivity contribution in [2.45, 2.75) is 123 Å².